The predicted octanol–water partition coefficient (Wildman–Crippen LogP) is 2.00. The maximum Gasteiger partial charge on any atom is 0.341 e. The molecule has 0 aliphatic heterocycles. The van der Waals surface area contributed by atoms with E-state index in [-0.39, 0.29) is 17.7 Å². The summed E-state index contributed by atoms with van der Waals surface area (Å²) in [5.41, 5.74) is 0.819. The third-order valence-corrected chi connectivity index (χ3v) is 2.40. The first-order valence-electron chi connectivity index (χ1n) is 5.62. The first-order valence-corrected chi connectivity index (χ1v) is 5.62. The fourth-order valence-electron chi connectivity index (χ4n) is 1.58. The van der Waals surface area contributed by atoms with Crippen molar-refractivity contribution >= 4 is 12.3 Å². The minimum atomic E-state index is -0.548. The van der Waals surface area contributed by atoms with Crippen LogP contribution in [-0.4, -0.2) is 28.6 Å². The number of halogens is 1. The second kappa shape index (κ2) is 5.43. The van der Waals surface area contributed by atoms with Crippen LogP contribution in [0.3, 0.4) is 0 Å². The Bertz CT molecular complexity index is 622. The standard InChI is InChI=1S/C13H11FN2O3/c1-2-19-13(18)10-6-15-16(7-10)12-4-9(8-17)3-11(14)5-12/h3-8H,2H2,1H3. The van der Waals surface area contributed by atoms with Gasteiger partial charge in [0.2, 0.25) is 0 Å². The molecular weight excluding hydrogens is 251 g/mol. The summed E-state index contributed by atoms with van der Waals surface area (Å²) in [6.45, 7) is 1.96. The van der Waals surface area contributed by atoms with E-state index in [2.05, 4.69) is 5.10 Å². The van der Waals surface area contributed by atoms with Crippen LogP contribution in [0.2, 0.25) is 0 Å². The first-order chi connectivity index (χ1) is 9.13. The summed E-state index contributed by atoms with van der Waals surface area (Å²) in [6.07, 6.45) is 3.28. The largest absolute Gasteiger partial charge is 0.462 e. The topological polar surface area (TPSA) is 61.2 Å². The van der Waals surface area contributed by atoms with Crippen LogP contribution < -0.4 is 0 Å². The van der Waals surface area contributed by atoms with Gasteiger partial charge in [0.05, 0.1) is 24.1 Å². The van der Waals surface area contributed by atoms with Crippen molar-refractivity contribution in [3.63, 3.8) is 0 Å². The molecule has 0 atom stereocenters. The lowest BCUT2D eigenvalue weighted by Crippen LogP contribution is -2.03. The molecule has 5 nitrogen and oxygen atoms in total. The number of hydrogen-bond acceptors (Lipinski definition) is 4. The quantitative estimate of drug-likeness (QED) is 0.624. The number of hydrogen-bond donors (Lipinski definition) is 0. The monoisotopic (exact) mass is 262 g/mol. The molecule has 0 saturated heterocycles. The second-order valence-electron chi connectivity index (χ2n) is 3.75. The Balaban J connectivity index is 2.35. The second-order valence-corrected chi connectivity index (χ2v) is 3.75. The average Bonchev–Trinajstić information content (AvgIpc) is 2.88. The van der Waals surface area contributed by atoms with Gasteiger partial charge in [-0.2, -0.15) is 5.10 Å². The number of ether oxygens (including phenoxy) is 1. The Morgan fingerprint density at radius 2 is 2.26 bits per heavy atom. The van der Waals surface area contributed by atoms with Gasteiger partial charge in [0.15, 0.2) is 0 Å². The number of carbonyl (C=O) groups excluding carboxylic acids is 2. The van der Waals surface area contributed by atoms with Gasteiger partial charge in [-0.3, -0.25) is 4.79 Å². The molecule has 0 amide bonds. The molecule has 98 valence electrons. The van der Waals surface area contributed by atoms with Crippen molar-refractivity contribution in [3.8, 4) is 5.69 Å². The van der Waals surface area contributed by atoms with Crippen LogP contribution in [-0.2, 0) is 4.74 Å². The SMILES string of the molecule is CCOC(=O)c1cnn(-c2cc(F)cc(C=O)c2)c1. The van der Waals surface area contributed by atoms with Crippen LogP contribution in [0.4, 0.5) is 4.39 Å². The molecule has 0 aliphatic rings. The van der Waals surface area contributed by atoms with Crippen LogP contribution in [0.5, 0.6) is 0 Å². The molecule has 0 spiro atoms. The summed E-state index contributed by atoms with van der Waals surface area (Å²) in [5.74, 6) is -1.05. The van der Waals surface area contributed by atoms with Crippen LogP contribution in [0.1, 0.15) is 27.6 Å². The lowest BCUT2D eigenvalue weighted by molar-refractivity contribution is 0.0526. The van der Waals surface area contributed by atoms with Gasteiger partial charge in [0.25, 0.3) is 0 Å². The van der Waals surface area contributed by atoms with Crippen molar-refractivity contribution in [2.45, 2.75) is 6.92 Å². The van der Waals surface area contributed by atoms with Crippen molar-refractivity contribution in [1.82, 2.24) is 9.78 Å². The number of carbonyl (C=O) groups is 2. The number of nitrogens with zero attached hydrogens (tertiary/aromatic N) is 2. The van der Waals surface area contributed by atoms with Crippen molar-refractivity contribution in [3.05, 3.63) is 47.5 Å². The minimum Gasteiger partial charge on any atom is -0.462 e. The molecule has 0 radical (unpaired) electrons. The molecule has 0 saturated carbocycles. The summed E-state index contributed by atoms with van der Waals surface area (Å²) in [6, 6.07) is 3.80. The molecule has 19 heavy (non-hydrogen) atoms. The maximum absolute atomic E-state index is 13.3. The van der Waals surface area contributed by atoms with Crippen LogP contribution in [0.15, 0.2) is 30.6 Å². The molecule has 0 N–H and O–H groups in total. The van der Waals surface area contributed by atoms with E-state index in [1.165, 1.54) is 29.2 Å². The van der Waals surface area contributed by atoms with Crippen molar-refractivity contribution in [2.75, 3.05) is 6.61 Å². The van der Waals surface area contributed by atoms with Gasteiger partial charge in [0, 0.05) is 11.8 Å². The van der Waals surface area contributed by atoms with E-state index in [1.807, 2.05) is 0 Å². The number of esters is 1. The van der Waals surface area contributed by atoms with Gasteiger partial charge in [-0.05, 0) is 25.1 Å². The normalized spacial score (nSPS) is 10.2. The van der Waals surface area contributed by atoms with Crippen molar-refractivity contribution in [1.29, 1.82) is 0 Å². The first kappa shape index (κ1) is 12.9. The molecule has 1 heterocycles. The van der Waals surface area contributed by atoms with E-state index in [1.54, 1.807) is 6.92 Å². The zero-order valence-electron chi connectivity index (χ0n) is 10.2. The van der Waals surface area contributed by atoms with Crippen LogP contribution >= 0.6 is 0 Å². The maximum atomic E-state index is 13.3. The zero-order valence-corrected chi connectivity index (χ0v) is 10.2. The van der Waals surface area contributed by atoms with Gasteiger partial charge >= 0.3 is 5.97 Å². The smallest absolute Gasteiger partial charge is 0.341 e. The number of rotatable bonds is 4. The predicted molar refractivity (Wildman–Crippen MR) is 64.9 cm³/mol. The lowest BCUT2D eigenvalue weighted by atomic mass is 10.2. The van der Waals surface area contributed by atoms with E-state index in [0.29, 0.717) is 12.0 Å². The summed E-state index contributed by atoms with van der Waals surface area (Å²) in [7, 11) is 0. The Labute approximate surface area is 108 Å². The van der Waals surface area contributed by atoms with Crippen molar-refractivity contribution in [2.24, 2.45) is 0 Å². The van der Waals surface area contributed by atoms with E-state index >= 15 is 0 Å². The van der Waals surface area contributed by atoms with E-state index in [0.717, 1.165) is 6.07 Å². The minimum absolute atomic E-state index is 0.197. The van der Waals surface area contributed by atoms with Gasteiger partial charge in [-0.15, -0.1) is 0 Å². The highest BCUT2D eigenvalue weighted by Gasteiger charge is 2.11. The van der Waals surface area contributed by atoms with E-state index in [9.17, 15) is 14.0 Å². The Kier molecular flexibility index (Phi) is 3.70. The Hall–Kier alpha value is -2.50. The lowest BCUT2D eigenvalue weighted by Gasteiger charge is -2.02. The Morgan fingerprint density at radius 3 is 2.95 bits per heavy atom. The highest BCUT2D eigenvalue weighted by atomic mass is 19.1. The molecule has 1 aromatic carbocycles. The number of aldehydes is 1. The molecular formula is C13H11FN2O3. The highest BCUT2D eigenvalue weighted by Crippen LogP contribution is 2.13. The summed E-state index contributed by atoms with van der Waals surface area (Å²) >= 11 is 0. The molecule has 6 heteroatoms. The van der Waals surface area contributed by atoms with Gasteiger partial charge in [-0.1, -0.05) is 0 Å². The molecule has 0 fully saturated rings. The van der Waals surface area contributed by atoms with Gasteiger partial charge in [-0.25, -0.2) is 13.9 Å². The fraction of sp³-hybridized carbons (Fsp3) is 0.154. The molecule has 0 bridgehead atoms. The van der Waals surface area contributed by atoms with Crippen molar-refractivity contribution < 1.29 is 18.7 Å². The fourth-order valence-corrected chi connectivity index (χ4v) is 1.58. The van der Waals surface area contributed by atoms with E-state index in [4.69, 9.17) is 4.74 Å². The van der Waals surface area contributed by atoms with Gasteiger partial charge in [0.1, 0.15) is 12.1 Å². The molecule has 1 aromatic heterocycles. The molecule has 0 aliphatic carbocycles. The molecule has 2 rings (SSSR count). The van der Waals surface area contributed by atoms with Gasteiger partial charge < -0.3 is 4.74 Å². The average molecular weight is 262 g/mol. The van der Waals surface area contributed by atoms with E-state index < -0.39 is 11.8 Å². The summed E-state index contributed by atoms with van der Waals surface area (Å²) in [5, 5.41) is 3.94. The Morgan fingerprint density at radius 1 is 1.47 bits per heavy atom. The molecule has 0 unspecified atom stereocenters. The van der Waals surface area contributed by atoms with Crippen LogP contribution in [0.25, 0.3) is 5.69 Å². The number of aromatic nitrogens is 2. The molecule has 2 aromatic rings. The summed E-state index contributed by atoms with van der Waals surface area (Å²) < 4.78 is 19.4. The third kappa shape index (κ3) is 2.85. The highest BCUT2D eigenvalue weighted by molar-refractivity contribution is 5.88. The summed E-state index contributed by atoms with van der Waals surface area (Å²) in [4.78, 5) is 22.1. The van der Waals surface area contributed by atoms with Crippen LogP contribution in [0, 0.1) is 5.82 Å². The number of benzene rings is 1. The third-order valence-electron chi connectivity index (χ3n) is 2.40. The zero-order chi connectivity index (χ0) is 13.8.